The molecule has 0 radical (unpaired) electrons. The number of hydrogen-bond acceptors (Lipinski definition) is 6. The number of benzene rings is 1. The molecule has 0 aliphatic heterocycles. The van der Waals surface area contributed by atoms with Crippen LogP contribution in [0.15, 0.2) is 23.3 Å². The average molecular weight is 278 g/mol. The Kier molecular flexibility index (Phi) is 3.41. The SMILES string of the molecule is CC(C)(N)COc1cc2nc[nH]c(=O)c2cc1[N+](=O)[O-]. The van der Waals surface area contributed by atoms with E-state index in [1.54, 1.807) is 13.8 Å². The van der Waals surface area contributed by atoms with E-state index in [4.69, 9.17) is 10.5 Å². The average Bonchev–Trinajstić information content (AvgIpc) is 2.34. The Morgan fingerprint density at radius 2 is 2.20 bits per heavy atom. The smallest absolute Gasteiger partial charge is 0.311 e. The Morgan fingerprint density at radius 1 is 1.50 bits per heavy atom. The molecular weight excluding hydrogens is 264 g/mol. The summed E-state index contributed by atoms with van der Waals surface area (Å²) in [7, 11) is 0. The number of fused-ring (bicyclic) bond motifs is 1. The Balaban J connectivity index is 2.55. The highest BCUT2D eigenvalue weighted by molar-refractivity contribution is 5.82. The van der Waals surface area contributed by atoms with Crippen LogP contribution >= 0.6 is 0 Å². The fourth-order valence-electron chi connectivity index (χ4n) is 1.61. The van der Waals surface area contributed by atoms with Gasteiger partial charge in [-0.25, -0.2) is 4.98 Å². The Bertz CT molecular complexity index is 717. The topological polar surface area (TPSA) is 124 Å². The van der Waals surface area contributed by atoms with Crippen LogP contribution in [0.4, 0.5) is 5.69 Å². The van der Waals surface area contributed by atoms with Crippen molar-refractivity contribution in [3.63, 3.8) is 0 Å². The van der Waals surface area contributed by atoms with Crippen molar-refractivity contribution in [2.24, 2.45) is 5.73 Å². The number of aromatic nitrogens is 2. The highest BCUT2D eigenvalue weighted by atomic mass is 16.6. The van der Waals surface area contributed by atoms with Gasteiger partial charge in [-0.3, -0.25) is 14.9 Å². The van der Waals surface area contributed by atoms with Gasteiger partial charge in [0, 0.05) is 17.7 Å². The highest BCUT2D eigenvalue weighted by Crippen LogP contribution is 2.30. The molecule has 2 rings (SSSR count). The summed E-state index contributed by atoms with van der Waals surface area (Å²) in [6, 6.07) is 2.52. The minimum absolute atomic E-state index is 0.0409. The van der Waals surface area contributed by atoms with Crippen LogP contribution in [-0.4, -0.2) is 27.0 Å². The van der Waals surface area contributed by atoms with Gasteiger partial charge in [-0.2, -0.15) is 0 Å². The first-order valence-corrected chi connectivity index (χ1v) is 5.85. The molecule has 0 atom stereocenters. The first kappa shape index (κ1) is 13.9. The number of nitro benzene ring substituents is 1. The maximum atomic E-state index is 11.6. The number of rotatable bonds is 4. The normalized spacial score (nSPS) is 11.6. The number of H-pyrrole nitrogens is 1. The van der Waals surface area contributed by atoms with Crippen LogP contribution < -0.4 is 16.0 Å². The van der Waals surface area contributed by atoms with Crippen molar-refractivity contribution in [3.8, 4) is 5.75 Å². The molecule has 1 aromatic heterocycles. The number of nitrogens with one attached hydrogen (secondary N) is 1. The van der Waals surface area contributed by atoms with E-state index in [-0.39, 0.29) is 23.4 Å². The van der Waals surface area contributed by atoms with Crippen LogP contribution in [0, 0.1) is 10.1 Å². The van der Waals surface area contributed by atoms with Gasteiger partial charge in [0.1, 0.15) is 6.61 Å². The van der Waals surface area contributed by atoms with Crippen molar-refractivity contribution >= 4 is 16.6 Å². The molecule has 0 aliphatic rings. The van der Waals surface area contributed by atoms with Gasteiger partial charge in [0.25, 0.3) is 5.56 Å². The van der Waals surface area contributed by atoms with Crippen molar-refractivity contribution < 1.29 is 9.66 Å². The zero-order valence-corrected chi connectivity index (χ0v) is 11.0. The van der Waals surface area contributed by atoms with Gasteiger partial charge in [0.2, 0.25) is 0 Å². The lowest BCUT2D eigenvalue weighted by molar-refractivity contribution is -0.385. The number of nitrogens with zero attached hydrogens (tertiary/aromatic N) is 2. The van der Waals surface area contributed by atoms with Crippen molar-refractivity contribution in [2.75, 3.05) is 6.61 Å². The lowest BCUT2D eigenvalue weighted by Crippen LogP contribution is -2.38. The zero-order chi connectivity index (χ0) is 14.9. The standard InChI is InChI=1S/C12H14N4O4/c1-12(2,13)5-20-10-4-8-7(3-9(10)16(18)19)11(17)15-6-14-8/h3-4,6H,5,13H2,1-2H3,(H,14,15,17). The molecule has 0 amide bonds. The van der Waals surface area contributed by atoms with Gasteiger partial charge in [-0.1, -0.05) is 0 Å². The van der Waals surface area contributed by atoms with Gasteiger partial charge >= 0.3 is 5.69 Å². The second kappa shape index (κ2) is 4.89. The van der Waals surface area contributed by atoms with Gasteiger partial charge in [0.15, 0.2) is 5.75 Å². The fraction of sp³-hybridized carbons (Fsp3) is 0.333. The third kappa shape index (κ3) is 2.91. The second-order valence-corrected chi connectivity index (χ2v) is 5.10. The minimum atomic E-state index is -0.635. The van der Waals surface area contributed by atoms with Gasteiger partial charge in [-0.05, 0) is 13.8 Å². The summed E-state index contributed by atoms with van der Waals surface area (Å²) < 4.78 is 5.39. The summed E-state index contributed by atoms with van der Waals surface area (Å²) in [6.45, 7) is 3.58. The lowest BCUT2D eigenvalue weighted by atomic mass is 10.1. The second-order valence-electron chi connectivity index (χ2n) is 5.10. The summed E-state index contributed by atoms with van der Waals surface area (Å²) in [4.78, 5) is 28.4. The predicted octanol–water partition coefficient (Wildman–Crippen LogP) is 0.947. The third-order valence-corrected chi connectivity index (χ3v) is 2.52. The third-order valence-electron chi connectivity index (χ3n) is 2.52. The molecule has 0 aliphatic carbocycles. The van der Waals surface area contributed by atoms with Crippen LogP contribution in [0.2, 0.25) is 0 Å². The van der Waals surface area contributed by atoms with Crippen LogP contribution in [0.3, 0.4) is 0 Å². The monoisotopic (exact) mass is 278 g/mol. The van der Waals surface area contributed by atoms with E-state index < -0.39 is 16.0 Å². The van der Waals surface area contributed by atoms with Gasteiger partial charge < -0.3 is 15.5 Å². The number of nitrogens with two attached hydrogens (primary N) is 1. The van der Waals surface area contributed by atoms with Gasteiger partial charge in [-0.15, -0.1) is 0 Å². The molecule has 3 N–H and O–H groups in total. The summed E-state index contributed by atoms with van der Waals surface area (Å²) in [5.74, 6) is 0.0409. The van der Waals surface area contributed by atoms with Crippen LogP contribution in [0.1, 0.15) is 13.8 Å². The molecule has 0 spiro atoms. The van der Waals surface area contributed by atoms with Crippen molar-refractivity contribution in [1.82, 2.24) is 9.97 Å². The number of aromatic amines is 1. The molecule has 106 valence electrons. The molecule has 0 bridgehead atoms. The largest absolute Gasteiger partial charge is 0.485 e. The van der Waals surface area contributed by atoms with Crippen molar-refractivity contribution in [3.05, 3.63) is 38.9 Å². The lowest BCUT2D eigenvalue weighted by Gasteiger charge is -2.18. The molecule has 2 aromatic rings. The maximum Gasteiger partial charge on any atom is 0.311 e. The fourth-order valence-corrected chi connectivity index (χ4v) is 1.61. The molecule has 0 unspecified atom stereocenters. The van der Waals surface area contributed by atoms with Crippen LogP contribution in [0.5, 0.6) is 5.75 Å². The molecular formula is C12H14N4O4. The molecule has 0 fully saturated rings. The molecule has 1 aromatic carbocycles. The first-order chi connectivity index (χ1) is 9.28. The van der Waals surface area contributed by atoms with Crippen LogP contribution in [0.25, 0.3) is 10.9 Å². The summed E-state index contributed by atoms with van der Waals surface area (Å²) >= 11 is 0. The number of hydrogen-bond donors (Lipinski definition) is 2. The predicted molar refractivity (Wildman–Crippen MR) is 72.8 cm³/mol. The molecule has 0 saturated carbocycles. The van der Waals surface area contributed by atoms with Crippen LogP contribution in [-0.2, 0) is 0 Å². The first-order valence-electron chi connectivity index (χ1n) is 5.85. The molecule has 0 saturated heterocycles. The van der Waals surface area contributed by atoms with E-state index in [2.05, 4.69) is 9.97 Å². The molecule has 8 nitrogen and oxygen atoms in total. The zero-order valence-electron chi connectivity index (χ0n) is 11.0. The summed E-state index contributed by atoms with van der Waals surface area (Å²) in [6.07, 6.45) is 1.23. The van der Waals surface area contributed by atoms with E-state index in [0.717, 1.165) is 6.07 Å². The van der Waals surface area contributed by atoms with Crippen molar-refractivity contribution in [2.45, 2.75) is 19.4 Å². The van der Waals surface area contributed by atoms with E-state index in [1.807, 2.05) is 0 Å². The Hall–Kier alpha value is -2.48. The molecule has 8 heteroatoms. The van der Waals surface area contributed by atoms with Crippen molar-refractivity contribution in [1.29, 1.82) is 0 Å². The molecule has 20 heavy (non-hydrogen) atoms. The Labute approximate surface area is 113 Å². The minimum Gasteiger partial charge on any atom is -0.485 e. The Morgan fingerprint density at radius 3 is 2.80 bits per heavy atom. The van der Waals surface area contributed by atoms with E-state index in [9.17, 15) is 14.9 Å². The number of ether oxygens (including phenoxy) is 1. The van der Waals surface area contributed by atoms with E-state index in [0.29, 0.717) is 5.52 Å². The van der Waals surface area contributed by atoms with E-state index in [1.165, 1.54) is 12.4 Å². The molecule has 1 heterocycles. The number of nitro groups is 1. The summed E-state index contributed by atoms with van der Waals surface area (Å²) in [5.41, 5.74) is 4.74. The van der Waals surface area contributed by atoms with E-state index >= 15 is 0 Å². The van der Waals surface area contributed by atoms with Gasteiger partial charge in [0.05, 0.1) is 22.2 Å². The quantitative estimate of drug-likeness (QED) is 0.633. The highest BCUT2D eigenvalue weighted by Gasteiger charge is 2.21. The summed E-state index contributed by atoms with van der Waals surface area (Å²) in [5, 5.41) is 11.2. The maximum absolute atomic E-state index is 11.6.